The van der Waals surface area contributed by atoms with E-state index in [1.807, 2.05) is 61.1 Å². The van der Waals surface area contributed by atoms with Gasteiger partial charge in [0.2, 0.25) is 0 Å². The van der Waals surface area contributed by atoms with E-state index < -0.39 is 0 Å². The van der Waals surface area contributed by atoms with Gasteiger partial charge in [0.1, 0.15) is 5.82 Å². The largest absolute Gasteiger partial charge is 0.308 e. The lowest BCUT2D eigenvalue weighted by molar-refractivity contribution is 1.08. The van der Waals surface area contributed by atoms with E-state index in [-0.39, 0.29) is 0 Å². The second kappa shape index (κ2) is 9.71. The SMILES string of the molecule is c1cc(-c2cccc(-c3cccc(-n4c5ccccc5c5ncccc54)n3)n2)cc(-n2c3ccccc3c3ccncc32)c1. The van der Waals surface area contributed by atoms with Crippen molar-refractivity contribution in [1.82, 2.24) is 29.1 Å². The number of pyridine rings is 4. The van der Waals surface area contributed by atoms with E-state index in [2.05, 4.69) is 104 Å². The number of hydrogen-bond donors (Lipinski definition) is 0. The van der Waals surface area contributed by atoms with Crippen LogP contribution < -0.4 is 0 Å². The zero-order chi connectivity index (χ0) is 29.0. The van der Waals surface area contributed by atoms with Crippen molar-refractivity contribution in [2.75, 3.05) is 0 Å². The molecule has 0 aliphatic rings. The molecule has 9 rings (SSSR count). The predicted molar refractivity (Wildman–Crippen MR) is 177 cm³/mol. The molecule has 6 nitrogen and oxygen atoms in total. The van der Waals surface area contributed by atoms with Crippen LogP contribution >= 0.6 is 0 Å². The molecule has 6 heterocycles. The first kappa shape index (κ1) is 24.5. The number of fused-ring (bicyclic) bond motifs is 6. The van der Waals surface area contributed by atoms with E-state index in [0.29, 0.717) is 0 Å². The van der Waals surface area contributed by atoms with Gasteiger partial charge in [-0.1, -0.05) is 60.7 Å². The van der Waals surface area contributed by atoms with Gasteiger partial charge in [0, 0.05) is 39.8 Å². The van der Waals surface area contributed by atoms with Gasteiger partial charge in [-0.3, -0.25) is 14.5 Å². The molecule has 44 heavy (non-hydrogen) atoms. The average molecular weight is 565 g/mol. The average Bonchev–Trinajstić information content (AvgIpc) is 3.62. The molecule has 3 aromatic carbocycles. The molecule has 0 aliphatic carbocycles. The van der Waals surface area contributed by atoms with Gasteiger partial charge in [0.15, 0.2) is 0 Å². The van der Waals surface area contributed by atoms with E-state index >= 15 is 0 Å². The van der Waals surface area contributed by atoms with E-state index in [1.165, 1.54) is 10.8 Å². The summed E-state index contributed by atoms with van der Waals surface area (Å²) < 4.78 is 4.45. The van der Waals surface area contributed by atoms with Crippen molar-refractivity contribution in [2.45, 2.75) is 0 Å². The zero-order valence-corrected chi connectivity index (χ0v) is 23.5. The Balaban J connectivity index is 1.15. The molecule has 0 atom stereocenters. The number of hydrogen-bond acceptors (Lipinski definition) is 4. The fraction of sp³-hybridized carbons (Fsp3) is 0. The predicted octanol–water partition coefficient (Wildman–Crippen LogP) is 8.79. The first-order chi connectivity index (χ1) is 21.8. The van der Waals surface area contributed by atoms with Crippen LogP contribution in [0.15, 0.2) is 146 Å². The summed E-state index contributed by atoms with van der Waals surface area (Å²) in [6.07, 6.45) is 5.63. The number of rotatable bonds is 4. The van der Waals surface area contributed by atoms with Gasteiger partial charge in [-0.25, -0.2) is 9.97 Å². The normalized spacial score (nSPS) is 11.6. The molecule has 0 amide bonds. The van der Waals surface area contributed by atoms with Crippen LogP contribution in [-0.4, -0.2) is 29.1 Å². The number of para-hydroxylation sites is 2. The Labute approximate surface area is 252 Å². The topological polar surface area (TPSA) is 61.4 Å². The monoisotopic (exact) mass is 564 g/mol. The third-order valence-corrected chi connectivity index (χ3v) is 8.28. The molecule has 0 saturated carbocycles. The molecule has 0 spiro atoms. The minimum atomic E-state index is 0.809. The lowest BCUT2D eigenvalue weighted by Crippen LogP contribution is -1.99. The van der Waals surface area contributed by atoms with Crippen molar-refractivity contribution >= 4 is 43.7 Å². The second-order valence-corrected chi connectivity index (χ2v) is 10.8. The van der Waals surface area contributed by atoms with Crippen molar-refractivity contribution in [2.24, 2.45) is 0 Å². The van der Waals surface area contributed by atoms with Crippen LogP contribution in [0.4, 0.5) is 0 Å². The van der Waals surface area contributed by atoms with Gasteiger partial charge in [0.05, 0.1) is 50.9 Å². The summed E-state index contributed by atoms with van der Waals surface area (Å²) in [5.74, 6) is 0.830. The van der Waals surface area contributed by atoms with Gasteiger partial charge in [-0.05, 0) is 66.7 Å². The molecule has 0 unspecified atom stereocenters. The summed E-state index contributed by atoms with van der Waals surface area (Å²) in [4.78, 5) is 19.3. The second-order valence-electron chi connectivity index (χ2n) is 10.8. The van der Waals surface area contributed by atoms with Gasteiger partial charge < -0.3 is 4.57 Å². The van der Waals surface area contributed by atoms with Gasteiger partial charge in [0.25, 0.3) is 0 Å². The zero-order valence-electron chi connectivity index (χ0n) is 23.5. The lowest BCUT2D eigenvalue weighted by atomic mass is 10.1. The molecule has 9 aromatic rings. The lowest BCUT2D eigenvalue weighted by Gasteiger charge is -2.11. The van der Waals surface area contributed by atoms with Crippen LogP contribution in [-0.2, 0) is 0 Å². The highest BCUT2D eigenvalue weighted by molar-refractivity contribution is 6.09. The van der Waals surface area contributed by atoms with Crippen molar-refractivity contribution in [3.8, 4) is 34.2 Å². The van der Waals surface area contributed by atoms with Crippen molar-refractivity contribution in [3.05, 3.63) is 146 Å². The molecule has 6 aromatic heterocycles. The Morgan fingerprint density at radius 3 is 2.07 bits per heavy atom. The quantitative estimate of drug-likeness (QED) is 0.214. The van der Waals surface area contributed by atoms with Crippen LogP contribution in [0.25, 0.3) is 77.9 Å². The molecule has 0 fully saturated rings. The number of benzene rings is 3. The van der Waals surface area contributed by atoms with Gasteiger partial charge in [-0.2, -0.15) is 0 Å². The molecule has 0 saturated heterocycles. The Morgan fingerprint density at radius 2 is 1.16 bits per heavy atom. The van der Waals surface area contributed by atoms with E-state index in [0.717, 1.165) is 67.1 Å². The highest BCUT2D eigenvalue weighted by Gasteiger charge is 2.15. The Morgan fingerprint density at radius 1 is 0.455 bits per heavy atom. The Hall–Kier alpha value is -6.14. The van der Waals surface area contributed by atoms with E-state index in [4.69, 9.17) is 9.97 Å². The molecule has 206 valence electrons. The molecular formula is C38H24N6. The standard InChI is InChI=1S/C38H24N6/c1-3-16-33-27(11-1)28-20-22-39-24-36(28)43(33)26-10-5-9-25(23-26)30-13-6-14-31(41-30)32-15-7-19-37(42-32)44-34-17-4-2-12-29(34)38-35(44)18-8-21-40-38/h1-24H. The molecule has 0 radical (unpaired) electrons. The third-order valence-electron chi connectivity index (χ3n) is 8.28. The first-order valence-electron chi connectivity index (χ1n) is 14.6. The maximum atomic E-state index is 5.11. The highest BCUT2D eigenvalue weighted by Crippen LogP contribution is 2.34. The van der Waals surface area contributed by atoms with Gasteiger partial charge in [-0.15, -0.1) is 0 Å². The summed E-state index contributed by atoms with van der Waals surface area (Å²) >= 11 is 0. The van der Waals surface area contributed by atoms with Crippen molar-refractivity contribution in [3.63, 3.8) is 0 Å². The summed E-state index contributed by atoms with van der Waals surface area (Å²) in [5, 5.41) is 3.50. The van der Waals surface area contributed by atoms with Crippen LogP contribution in [0.5, 0.6) is 0 Å². The van der Waals surface area contributed by atoms with Crippen molar-refractivity contribution in [1.29, 1.82) is 0 Å². The summed E-state index contributed by atoms with van der Waals surface area (Å²) in [6.45, 7) is 0. The van der Waals surface area contributed by atoms with E-state index in [1.54, 1.807) is 0 Å². The van der Waals surface area contributed by atoms with Crippen LogP contribution in [0, 0.1) is 0 Å². The smallest absolute Gasteiger partial charge is 0.138 e. The Bertz CT molecular complexity index is 2240. The maximum absolute atomic E-state index is 5.11. The third kappa shape index (κ3) is 3.75. The number of aromatic nitrogens is 6. The van der Waals surface area contributed by atoms with Crippen LogP contribution in [0.3, 0.4) is 0 Å². The van der Waals surface area contributed by atoms with Gasteiger partial charge >= 0.3 is 0 Å². The van der Waals surface area contributed by atoms with Crippen LogP contribution in [0.2, 0.25) is 0 Å². The molecule has 0 aliphatic heterocycles. The molecular weight excluding hydrogens is 540 g/mol. The summed E-state index contributed by atoms with van der Waals surface area (Å²) in [7, 11) is 0. The minimum Gasteiger partial charge on any atom is -0.308 e. The molecule has 0 bridgehead atoms. The van der Waals surface area contributed by atoms with E-state index in [9.17, 15) is 0 Å². The molecule has 0 N–H and O–H groups in total. The highest BCUT2D eigenvalue weighted by atomic mass is 15.1. The molecule has 6 heteroatoms. The first-order valence-corrected chi connectivity index (χ1v) is 14.6. The van der Waals surface area contributed by atoms with Crippen molar-refractivity contribution < 1.29 is 0 Å². The minimum absolute atomic E-state index is 0.809. The number of nitrogens with zero attached hydrogens (tertiary/aromatic N) is 6. The maximum Gasteiger partial charge on any atom is 0.138 e. The fourth-order valence-electron chi connectivity index (χ4n) is 6.36. The summed E-state index contributed by atoms with van der Waals surface area (Å²) in [6, 6.07) is 43.7. The van der Waals surface area contributed by atoms with Crippen LogP contribution in [0.1, 0.15) is 0 Å². The summed E-state index contributed by atoms with van der Waals surface area (Å²) in [5.41, 5.74) is 9.90. The Kier molecular flexibility index (Phi) is 5.40. The fourth-order valence-corrected chi connectivity index (χ4v) is 6.36.